The van der Waals surface area contributed by atoms with Crippen molar-refractivity contribution in [1.82, 2.24) is 8.61 Å². The molecular weight excluding hydrogens is 268 g/mol. The summed E-state index contributed by atoms with van der Waals surface area (Å²) in [6.45, 7) is 0. The van der Waals surface area contributed by atoms with Crippen molar-refractivity contribution >= 4 is 16.2 Å². The molecule has 1 N–H and O–H groups in total. The predicted molar refractivity (Wildman–Crippen MR) is 69.3 cm³/mol. The molecule has 7 heteroatoms. The SMILES string of the molecule is CN1C=C(C(=O)O)C(c2ccccc2)N(C)S1(=O)=O. The van der Waals surface area contributed by atoms with Crippen LogP contribution in [-0.2, 0) is 15.0 Å². The van der Waals surface area contributed by atoms with Gasteiger partial charge in [0.25, 0.3) is 0 Å². The Morgan fingerprint density at radius 1 is 1.21 bits per heavy atom. The number of aliphatic carboxylic acids is 1. The van der Waals surface area contributed by atoms with E-state index in [1.54, 1.807) is 30.3 Å². The molecule has 0 spiro atoms. The lowest BCUT2D eigenvalue weighted by Crippen LogP contribution is -2.45. The maximum Gasteiger partial charge on any atom is 0.335 e. The van der Waals surface area contributed by atoms with Crippen LogP contribution in [0.5, 0.6) is 0 Å². The molecule has 1 aliphatic rings. The number of benzene rings is 1. The van der Waals surface area contributed by atoms with E-state index in [2.05, 4.69) is 0 Å². The number of carbonyl (C=O) groups is 1. The Kier molecular flexibility index (Phi) is 3.34. The number of hydrogen-bond acceptors (Lipinski definition) is 3. The minimum absolute atomic E-state index is 0.0195. The van der Waals surface area contributed by atoms with Gasteiger partial charge < -0.3 is 5.11 Å². The molecule has 1 atom stereocenters. The van der Waals surface area contributed by atoms with Crippen molar-refractivity contribution in [2.75, 3.05) is 14.1 Å². The molecule has 0 saturated carbocycles. The molecule has 1 aliphatic heterocycles. The molecule has 0 amide bonds. The summed E-state index contributed by atoms with van der Waals surface area (Å²) < 4.78 is 26.1. The number of rotatable bonds is 2. The maximum absolute atomic E-state index is 12.1. The third-order valence-electron chi connectivity index (χ3n) is 3.07. The molecule has 0 saturated heterocycles. The quantitative estimate of drug-likeness (QED) is 0.871. The van der Waals surface area contributed by atoms with Gasteiger partial charge in [0.05, 0.1) is 11.6 Å². The van der Waals surface area contributed by atoms with E-state index < -0.39 is 22.2 Å². The zero-order valence-corrected chi connectivity index (χ0v) is 11.3. The highest BCUT2D eigenvalue weighted by atomic mass is 32.2. The largest absolute Gasteiger partial charge is 0.478 e. The van der Waals surface area contributed by atoms with Gasteiger partial charge in [-0.1, -0.05) is 30.3 Å². The Hall–Kier alpha value is -1.86. The van der Waals surface area contributed by atoms with E-state index in [0.717, 1.165) is 14.8 Å². The third-order valence-corrected chi connectivity index (χ3v) is 4.84. The van der Waals surface area contributed by atoms with Crippen molar-refractivity contribution < 1.29 is 18.3 Å². The van der Waals surface area contributed by atoms with Gasteiger partial charge in [-0.25, -0.2) is 4.79 Å². The summed E-state index contributed by atoms with van der Waals surface area (Å²) in [5, 5.41) is 9.26. The zero-order chi connectivity index (χ0) is 14.2. The topological polar surface area (TPSA) is 77.9 Å². The fourth-order valence-corrected chi connectivity index (χ4v) is 3.22. The normalized spacial score (nSPS) is 22.9. The summed E-state index contributed by atoms with van der Waals surface area (Å²) in [4.78, 5) is 11.3. The lowest BCUT2D eigenvalue weighted by molar-refractivity contribution is -0.133. The van der Waals surface area contributed by atoms with E-state index in [4.69, 9.17) is 0 Å². The Morgan fingerprint density at radius 2 is 1.79 bits per heavy atom. The first-order valence-electron chi connectivity index (χ1n) is 5.56. The van der Waals surface area contributed by atoms with Crippen LogP contribution in [-0.4, -0.2) is 42.2 Å². The van der Waals surface area contributed by atoms with Crippen molar-refractivity contribution in [2.45, 2.75) is 6.04 Å². The summed E-state index contributed by atoms with van der Waals surface area (Å²) >= 11 is 0. The van der Waals surface area contributed by atoms with Gasteiger partial charge in [-0.05, 0) is 5.56 Å². The van der Waals surface area contributed by atoms with Crippen LogP contribution in [0.1, 0.15) is 11.6 Å². The van der Waals surface area contributed by atoms with Gasteiger partial charge in [0.15, 0.2) is 0 Å². The summed E-state index contributed by atoms with van der Waals surface area (Å²) in [5.41, 5.74) is 0.640. The van der Waals surface area contributed by atoms with E-state index in [0.29, 0.717) is 5.56 Å². The first-order valence-corrected chi connectivity index (χ1v) is 6.96. The molecular formula is C12H14N2O4S. The van der Waals surface area contributed by atoms with Crippen molar-refractivity contribution in [3.05, 3.63) is 47.7 Å². The van der Waals surface area contributed by atoms with E-state index in [9.17, 15) is 18.3 Å². The highest BCUT2D eigenvalue weighted by Gasteiger charge is 2.39. The first-order chi connectivity index (χ1) is 8.85. The first kappa shape index (κ1) is 13.6. The molecule has 1 aromatic rings. The molecule has 1 unspecified atom stereocenters. The minimum Gasteiger partial charge on any atom is -0.478 e. The number of carboxylic acids is 1. The Balaban J connectivity index is 2.61. The van der Waals surface area contributed by atoms with Crippen LogP contribution in [0.2, 0.25) is 0 Å². The number of carboxylic acid groups (broad SMARTS) is 1. The second-order valence-electron chi connectivity index (χ2n) is 4.24. The molecule has 0 radical (unpaired) electrons. The van der Waals surface area contributed by atoms with Crippen LogP contribution in [0.3, 0.4) is 0 Å². The van der Waals surface area contributed by atoms with Gasteiger partial charge in [0.2, 0.25) is 0 Å². The summed E-state index contributed by atoms with van der Waals surface area (Å²) in [5.74, 6) is -1.14. The molecule has 1 aromatic carbocycles. The number of hydrogen-bond donors (Lipinski definition) is 1. The zero-order valence-electron chi connectivity index (χ0n) is 10.5. The van der Waals surface area contributed by atoms with Crippen LogP contribution in [0.4, 0.5) is 0 Å². The van der Waals surface area contributed by atoms with Crippen LogP contribution >= 0.6 is 0 Å². The van der Waals surface area contributed by atoms with E-state index >= 15 is 0 Å². The van der Waals surface area contributed by atoms with Crippen LogP contribution in [0.25, 0.3) is 0 Å². The van der Waals surface area contributed by atoms with Gasteiger partial charge in [-0.15, -0.1) is 0 Å². The summed E-state index contributed by atoms with van der Waals surface area (Å²) in [6, 6.07) is 7.87. The van der Waals surface area contributed by atoms with Crippen molar-refractivity contribution in [3.63, 3.8) is 0 Å². The third kappa shape index (κ3) is 2.22. The molecule has 2 rings (SSSR count). The van der Waals surface area contributed by atoms with Gasteiger partial charge in [0.1, 0.15) is 0 Å². The average molecular weight is 282 g/mol. The molecule has 0 aliphatic carbocycles. The molecule has 0 aromatic heterocycles. The standard InChI is InChI=1S/C12H14N2O4S/c1-13-8-10(12(15)16)11(14(2)19(13,17)18)9-6-4-3-5-7-9/h3-8,11H,1-2H3,(H,15,16). The molecule has 19 heavy (non-hydrogen) atoms. The summed E-state index contributed by atoms with van der Waals surface area (Å²) in [6.07, 6.45) is 1.15. The maximum atomic E-state index is 12.1. The van der Waals surface area contributed by atoms with E-state index in [1.165, 1.54) is 14.1 Å². The second kappa shape index (κ2) is 4.67. The van der Waals surface area contributed by atoms with Gasteiger partial charge >= 0.3 is 16.2 Å². The van der Waals surface area contributed by atoms with Gasteiger partial charge in [-0.2, -0.15) is 12.7 Å². The Labute approximate surface area is 111 Å². The van der Waals surface area contributed by atoms with Gasteiger partial charge in [-0.3, -0.25) is 4.31 Å². The smallest absolute Gasteiger partial charge is 0.335 e. The molecule has 0 fully saturated rings. The van der Waals surface area contributed by atoms with Crippen molar-refractivity contribution in [3.8, 4) is 0 Å². The molecule has 102 valence electrons. The fourth-order valence-electron chi connectivity index (χ4n) is 2.06. The van der Waals surface area contributed by atoms with E-state index in [-0.39, 0.29) is 5.57 Å². The summed E-state index contributed by atoms with van der Waals surface area (Å²) in [7, 11) is -0.987. The Bertz CT molecular complexity index is 624. The average Bonchev–Trinajstić information content (AvgIpc) is 2.37. The predicted octanol–water partition coefficient (Wildman–Crippen LogP) is 0.818. The minimum atomic E-state index is -3.68. The molecule has 1 heterocycles. The van der Waals surface area contributed by atoms with Crippen molar-refractivity contribution in [1.29, 1.82) is 0 Å². The van der Waals surface area contributed by atoms with E-state index in [1.807, 2.05) is 0 Å². The van der Waals surface area contributed by atoms with Crippen molar-refractivity contribution in [2.24, 2.45) is 0 Å². The second-order valence-corrected chi connectivity index (χ2v) is 6.29. The van der Waals surface area contributed by atoms with Crippen LogP contribution in [0.15, 0.2) is 42.1 Å². The van der Waals surface area contributed by atoms with Crippen LogP contribution < -0.4 is 0 Å². The van der Waals surface area contributed by atoms with Crippen LogP contribution in [0, 0.1) is 0 Å². The Morgan fingerprint density at radius 3 is 2.32 bits per heavy atom. The number of likely N-dealkylation sites (N-methyl/N-ethyl adjacent to an activating group) is 1. The fraction of sp³-hybridized carbons (Fsp3) is 0.250. The number of nitrogens with zero attached hydrogens (tertiary/aromatic N) is 2. The van der Waals surface area contributed by atoms with Gasteiger partial charge in [0, 0.05) is 20.3 Å². The highest BCUT2D eigenvalue weighted by Crippen LogP contribution is 2.34. The monoisotopic (exact) mass is 282 g/mol. The molecule has 6 nitrogen and oxygen atoms in total. The lowest BCUT2D eigenvalue weighted by Gasteiger charge is -2.35. The lowest BCUT2D eigenvalue weighted by atomic mass is 9.99. The molecule has 0 bridgehead atoms. The highest BCUT2D eigenvalue weighted by molar-refractivity contribution is 7.86.